The Labute approximate surface area is 149 Å². The van der Waals surface area contributed by atoms with E-state index in [1.54, 1.807) is 12.1 Å². The van der Waals surface area contributed by atoms with E-state index in [1.807, 2.05) is 36.4 Å². The minimum Gasteiger partial charge on any atom is -0.325 e. The molecule has 0 saturated heterocycles. The molecule has 0 aliphatic heterocycles. The van der Waals surface area contributed by atoms with Crippen molar-refractivity contribution in [3.63, 3.8) is 0 Å². The van der Waals surface area contributed by atoms with Crippen LogP contribution in [0.15, 0.2) is 48.5 Å². The molecule has 0 saturated carbocycles. The van der Waals surface area contributed by atoms with Gasteiger partial charge in [0.05, 0.1) is 10.7 Å². The summed E-state index contributed by atoms with van der Waals surface area (Å²) in [6.45, 7) is 2.16. The van der Waals surface area contributed by atoms with Gasteiger partial charge in [-0.15, -0.1) is 0 Å². The zero-order valence-corrected chi connectivity index (χ0v) is 14.7. The highest BCUT2D eigenvalue weighted by Crippen LogP contribution is 2.20. The molecule has 0 aliphatic carbocycles. The lowest BCUT2D eigenvalue weighted by Gasteiger charge is -2.08. The summed E-state index contributed by atoms with van der Waals surface area (Å²) in [5.74, 6) is 6.39. The van der Waals surface area contributed by atoms with Crippen LogP contribution >= 0.6 is 11.6 Å². The SMILES string of the molecule is CCCCC#Cc1ccccc1CCC(=O)Nc1ccccc1Cl. The molecule has 0 heterocycles. The number of halogens is 1. The van der Waals surface area contributed by atoms with Crippen molar-refractivity contribution in [2.45, 2.75) is 39.0 Å². The first-order chi connectivity index (χ1) is 11.7. The molecule has 0 radical (unpaired) electrons. The monoisotopic (exact) mass is 339 g/mol. The van der Waals surface area contributed by atoms with Crippen LogP contribution in [-0.4, -0.2) is 5.91 Å². The molecule has 3 heteroatoms. The van der Waals surface area contributed by atoms with Crippen molar-refractivity contribution >= 4 is 23.2 Å². The number of hydrogen-bond acceptors (Lipinski definition) is 1. The van der Waals surface area contributed by atoms with Crippen molar-refractivity contribution in [2.24, 2.45) is 0 Å². The molecule has 0 bridgehead atoms. The van der Waals surface area contributed by atoms with E-state index in [1.165, 1.54) is 0 Å². The molecular weight excluding hydrogens is 318 g/mol. The van der Waals surface area contributed by atoms with Crippen LogP contribution in [0.5, 0.6) is 0 Å². The molecule has 2 nitrogen and oxygen atoms in total. The molecule has 124 valence electrons. The zero-order chi connectivity index (χ0) is 17.2. The Morgan fingerprint density at radius 1 is 1.12 bits per heavy atom. The van der Waals surface area contributed by atoms with Gasteiger partial charge >= 0.3 is 0 Å². The molecule has 0 fully saturated rings. The number of hydrogen-bond donors (Lipinski definition) is 1. The van der Waals surface area contributed by atoms with Crippen LogP contribution < -0.4 is 5.32 Å². The summed E-state index contributed by atoms with van der Waals surface area (Å²) >= 11 is 6.06. The van der Waals surface area contributed by atoms with E-state index in [9.17, 15) is 4.79 Å². The Hall–Kier alpha value is -2.24. The van der Waals surface area contributed by atoms with E-state index < -0.39 is 0 Å². The van der Waals surface area contributed by atoms with Gasteiger partial charge in [0.1, 0.15) is 0 Å². The molecule has 0 aromatic heterocycles. The molecule has 0 aliphatic rings. The number of anilines is 1. The maximum Gasteiger partial charge on any atom is 0.224 e. The first kappa shape index (κ1) is 18.1. The van der Waals surface area contributed by atoms with Crippen LogP contribution in [0, 0.1) is 11.8 Å². The Morgan fingerprint density at radius 2 is 1.88 bits per heavy atom. The second kappa shape index (κ2) is 9.80. The van der Waals surface area contributed by atoms with Gasteiger partial charge in [-0.05, 0) is 36.6 Å². The van der Waals surface area contributed by atoms with Crippen molar-refractivity contribution in [1.82, 2.24) is 0 Å². The standard InChI is InChI=1S/C21H22ClNO/c1-2-3-4-5-10-17-11-6-7-12-18(17)15-16-21(24)23-20-14-9-8-13-19(20)22/h6-9,11-14H,2-4,15-16H2,1H3,(H,23,24). The molecule has 1 N–H and O–H groups in total. The molecule has 24 heavy (non-hydrogen) atoms. The van der Waals surface area contributed by atoms with Gasteiger partial charge in [0.15, 0.2) is 0 Å². The Morgan fingerprint density at radius 3 is 2.67 bits per heavy atom. The van der Waals surface area contributed by atoms with E-state index in [0.29, 0.717) is 23.6 Å². The molecule has 1 amide bonds. The molecular formula is C21H22ClNO. The molecule has 0 atom stereocenters. The van der Waals surface area contributed by atoms with Gasteiger partial charge in [0, 0.05) is 18.4 Å². The minimum absolute atomic E-state index is 0.0446. The van der Waals surface area contributed by atoms with Crippen LogP contribution in [0.4, 0.5) is 5.69 Å². The Bertz CT molecular complexity index is 743. The quantitative estimate of drug-likeness (QED) is 0.550. The highest BCUT2D eigenvalue weighted by Gasteiger charge is 2.07. The van der Waals surface area contributed by atoms with E-state index >= 15 is 0 Å². The van der Waals surface area contributed by atoms with Crippen LogP contribution in [0.3, 0.4) is 0 Å². The van der Waals surface area contributed by atoms with Crippen molar-refractivity contribution in [3.8, 4) is 11.8 Å². The third kappa shape index (κ3) is 5.76. The number of unbranched alkanes of at least 4 members (excludes halogenated alkanes) is 2. The topological polar surface area (TPSA) is 29.1 Å². The van der Waals surface area contributed by atoms with Gasteiger partial charge in [0.25, 0.3) is 0 Å². The van der Waals surface area contributed by atoms with Gasteiger partial charge < -0.3 is 5.32 Å². The highest BCUT2D eigenvalue weighted by atomic mass is 35.5. The molecule has 0 unspecified atom stereocenters. The minimum atomic E-state index is -0.0446. The summed E-state index contributed by atoms with van der Waals surface area (Å²) in [4.78, 5) is 12.1. The molecule has 2 rings (SSSR count). The molecule has 2 aromatic carbocycles. The predicted molar refractivity (Wildman–Crippen MR) is 101 cm³/mol. The normalized spacial score (nSPS) is 9.92. The summed E-state index contributed by atoms with van der Waals surface area (Å²) in [5, 5.41) is 3.40. The summed E-state index contributed by atoms with van der Waals surface area (Å²) in [5.41, 5.74) is 2.77. The maximum atomic E-state index is 12.1. The number of benzene rings is 2. The first-order valence-electron chi connectivity index (χ1n) is 8.32. The van der Waals surface area contributed by atoms with E-state index in [0.717, 1.165) is 30.4 Å². The lowest BCUT2D eigenvalue weighted by atomic mass is 10.0. The second-order valence-electron chi connectivity index (χ2n) is 5.59. The third-order valence-corrected chi connectivity index (χ3v) is 3.99. The van der Waals surface area contributed by atoms with Crippen molar-refractivity contribution in [1.29, 1.82) is 0 Å². The largest absolute Gasteiger partial charge is 0.325 e. The maximum absolute atomic E-state index is 12.1. The van der Waals surface area contributed by atoms with E-state index in [-0.39, 0.29) is 5.91 Å². The first-order valence-corrected chi connectivity index (χ1v) is 8.69. The smallest absolute Gasteiger partial charge is 0.224 e. The number of para-hydroxylation sites is 1. The van der Waals surface area contributed by atoms with Gasteiger partial charge in [-0.1, -0.05) is 67.1 Å². The predicted octanol–water partition coefficient (Wildman–Crippen LogP) is 5.45. The number of aryl methyl sites for hydroxylation is 1. The van der Waals surface area contributed by atoms with Crippen LogP contribution in [0.2, 0.25) is 5.02 Å². The second-order valence-corrected chi connectivity index (χ2v) is 6.00. The van der Waals surface area contributed by atoms with Crippen LogP contribution in [-0.2, 0) is 11.2 Å². The van der Waals surface area contributed by atoms with E-state index in [4.69, 9.17) is 11.6 Å². The molecule has 0 spiro atoms. The van der Waals surface area contributed by atoms with Crippen molar-refractivity contribution in [2.75, 3.05) is 5.32 Å². The number of rotatable bonds is 6. The fourth-order valence-corrected chi connectivity index (χ4v) is 2.49. The summed E-state index contributed by atoms with van der Waals surface area (Å²) in [6, 6.07) is 15.3. The van der Waals surface area contributed by atoms with Crippen LogP contribution in [0.1, 0.15) is 43.7 Å². The average molecular weight is 340 g/mol. The third-order valence-electron chi connectivity index (χ3n) is 3.67. The fourth-order valence-electron chi connectivity index (χ4n) is 2.31. The highest BCUT2D eigenvalue weighted by molar-refractivity contribution is 6.33. The molecule has 2 aromatic rings. The zero-order valence-electron chi connectivity index (χ0n) is 13.9. The summed E-state index contributed by atoms with van der Waals surface area (Å²) in [6.07, 6.45) is 4.25. The number of amides is 1. The van der Waals surface area contributed by atoms with Crippen molar-refractivity contribution in [3.05, 3.63) is 64.7 Å². The fraction of sp³-hybridized carbons (Fsp3) is 0.286. The number of nitrogens with one attached hydrogen (secondary N) is 1. The average Bonchev–Trinajstić information content (AvgIpc) is 2.60. The van der Waals surface area contributed by atoms with Crippen molar-refractivity contribution < 1.29 is 4.79 Å². The number of carbonyl (C=O) groups excluding carboxylic acids is 1. The van der Waals surface area contributed by atoms with Gasteiger partial charge in [-0.25, -0.2) is 0 Å². The van der Waals surface area contributed by atoms with E-state index in [2.05, 4.69) is 24.1 Å². The Balaban J connectivity index is 1.95. The van der Waals surface area contributed by atoms with Gasteiger partial charge in [-0.2, -0.15) is 0 Å². The van der Waals surface area contributed by atoms with Gasteiger partial charge in [0.2, 0.25) is 5.91 Å². The van der Waals surface area contributed by atoms with Gasteiger partial charge in [-0.3, -0.25) is 4.79 Å². The van der Waals surface area contributed by atoms with Crippen LogP contribution in [0.25, 0.3) is 0 Å². The lowest BCUT2D eigenvalue weighted by Crippen LogP contribution is -2.12. The summed E-state index contributed by atoms with van der Waals surface area (Å²) in [7, 11) is 0. The summed E-state index contributed by atoms with van der Waals surface area (Å²) < 4.78 is 0. The Kier molecular flexibility index (Phi) is 7.39. The number of carbonyl (C=O) groups is 1. The lowest BCUT2D eigenvalue weighted by molar-refractivity contribution is -0.116.